The van der Waals surface area contributed by atoms with Gasteiger partial charge in [0.15, 0.2) is 11.6 Å². The van der Waals surface area contributed by atoms with Gasteiger partial charge in [-0.2, -0.15) is 0 Å². The molecule has 2 N–H and O–H groups in total. The van der Waals surface area contributed by atoms with Crippen LogP contribution in [0.3, 0.4) is 0 Å². The molecule has 0 unspecified atom stereocenters. The zero-order chi connectivity index (χ0) is 14.9. The molecule has 0 fully saturated rings. The second-order valence-corrected chi connectivity index (χ2v) is 6.61. The molecule has 0 aliphatic rings. The Labute approximate surface area is 128 Å². The first-order valence-corrected chi connectivity index (χ1v) is 7.95. The van der Waals surface area contributed by atoms with Crippen molar-refractivity contribution in [2.45, 2.75) is 4.90 Å². The van der Waals surface area contributed by atoms with Gasteiger partial charge >= 0.3 is 0 Å². The van der Waals surface area contributed by atoms with Crippen molar-refractivity contribution in [2.75, 3.05) is 0 Å². The van der Waals surface area contributed by atoms with Crippen molar-refractivity contribution in [3.05, 3.63) is 51.7 Å². The van der Waals surface area contributed by atoms with Crippen molar-refractivity contribution in [3.63, 3.8) is 0 Å². The Morgan fingerprint density at radius 1 is 1.20 bits per heavy atom. The summed E-state index contributed by atoms with van der Waals surface area (Å²) in [6, 6.07) is 8.23. The third-order valence-electron chi connectivity index (χ3n) is 2.37. The molecule has 0 saturated heterocycles. The molecular weight excluding hydrogens is 373 g/mol. The molecule has 2 aromatic rings. The summed E-state index contributed by atoms with van der Waals surface area (Å²) in [5.74, 6) is -0.531. The third kappa shape index (κ3) is 3.29. The normalized spacial score (nSPS) is 11.4. The van der Waals surface area contributed by atoms with Gasteiger partial charge in [-0.3, -0.25) is 0 Å². The number of rotatable bonds is 3. The molecule has 0 aromatic heterocycles. The molecule has 106 valence electrons. The first kappa shape index (κ1) is 15.2. The lowest BCUT2D eigenvalue weighted by atomic mass is 10.3. The summed E-state index contributed by atoms with van der Waals surface area (Å²) in [6.07, 6.45) is 0. The molecule has 20 heavy (non-hydrogen) atoms. The maximum Gasteiger partial charge on any atom is 0.238 e. The summed E-state index contributed by atoms with van der Waals surface area (Å²) in [5, 5.41) is 4.94. The Bertz CT molecular complexity index is 767. The molecule has 2 rings (SSSR count). The van der Waals surface area contributed by atoms with E-state index in [2.05, 4.69) is 15.9 Å². The van der Waals surface area contributed by atoms with E-state index in [0.717, 1.165) is 0 Å². The fourth-order valence-electron chi connectivity index (χ4n) is 1.42. The van der Waals surface area contributed by atoms with Crippen LogP contribution in [0.15, 0.2) is 45.8 Å². The van der Waals surface area contributed by atoms with Gasteiger partial charge in [0.1, 0.15) is 5.75 Å². The molecule has 0 radical (unpaired) electrons. The molecule has 0 spiro atoms. The van der Waals surface area contributed by atoms with Crippen LogP contribution in [-0.2, 0) is 10.0 Å². The van der Waals surface area contributed by atoms with Crippen LogP contribution in [-0.4, -0.2) is 8.42 Å². The highest BCUT2D eigenvalue weighted by atomic mass is 79.9. The Morgan fingerprint density at radius 3 is 2.50 bits per heavy atom. The topological polar surface area (TPSA) is 69.4 Å². The van der Waals surface area contributed by atoms with Crippen LogP contribution >= 0.6 is 27.5 Å². The highest BCUT2D eigenvalue weighted by Crippen LogP contribution is 2.34. The predicted octanol–water partition coefficient (Wildman–Crippen LogP) is 3.68. The van der Waals surface area contributed by atoms with E-state index in [1.165, 1.54) is 36.4 Å². The van der Waals surface area contributed by atoms with Crippen molar-refractivity contribution in [2.24, 2.45) is 5.14 Å². The van der Waals surface area contributed by atoms with Crippen LogP contribution in [0, 0.1) is 5.82 Å². The molecule has 0 atom stereocenters. The highest BCUT2D eigenvalue weighted by Gasteiger charge is 2.13. The number of primary sulfonamides is 1. The monoisotopic (exact) mass is 379 g/mol. The zero-order valence-corrected chi connectivity index (χ0v) is 13.0. The van der Waals surface area contributed by atoms with E-state index in [4.69, 9.17) is 21.5 Å². The fraction of sp³-hybridized carbons (Fsp3) is 0. The number of nitrogens with two attached hydrogens (primary N) is 1. The van der Waals surface area contributed by atoms with Crippen LogP contribution in [0.25, 0.3) is 0 Å². The summed E-state index contributed by atoms with van der Waals surface area (Å²) in [7, 11) is -3.81. The summed E-state index contributed by atoms with van der Waals surface area (Å²) in [6.45, 7) is 0. The van der Waals surface area contributed by atoms with E-state index in [1.807, 2.05) is 0 Å². The largest absolute Gasteiger partial charge is 0.453 e. The number of ether oxygens (including phenoxy) is 1. The number of hydrogen-bond acceptors (Lipinski definition) is 3. The molecule has 4 nitrogen and oxygen atoms in total. The number of benzene rings is 2. The Kier molecular flexibility index (Phi) is 4.33. The molecule has 0 aliphatic heterocycles. The average Bonchev–Trinajstić information content (AvgIpc) is 2.36. The fourth-order valence-corrected chi connectivity index (χ4v) is 2.74. The van der Waals surface area contributed by atoms with Gasteiger partial charge in [-0.05, 0) is 46.3 Å². The van der Waals surface area contributed by atoms with E-state index in [0.29, 0.717) is 4.47 Å². The smallest absolute Gasteiger partial charge is 0.238 e. The SMILES string of the molecule is NS(=O)(=O)c1ccc(Oc2cccc(Cl)c2F)c(Br)c1. The van der Waals surface area contributed by atoms with Crippen molar-refractivity contribution >= 4 is 37.6 Å². The van der Waals surface area contributed by atoms with E-state index >= 15 is 0 Å². The molecule has 0 amide bonds. The van der Waals surface area contributed by atoms with Crippen LogP contribution in [0.1, 0.15) is 0 Å². The standard InChI is InChI=1S/C12H8BrClFNO3S/c13-8-6-7(20(16,17)18)4-5-10(8)19-11-3-1-2-9(14)12(11)15/h1-6H,(H2,16,17,18). The Morgan fingerprint density at radius 2 is 1.90 bits per heavy atom. The van der Waals surface area contributed by atoms with Crippen LogP contribution < -0.4 is 9.88 Å². The van der Waals surface area contributed by atoms with Gasteiger partial charge in [0.25, 0.3) is 0 Å². The van der Waals surface area contributed by atoms with Crippen molar-refractivity contribution in [1.82, 2.24) is 0 Å². The van der Waals surface area contributed by atoms with Crippen LogP contribution in [0.2, 0.25) is 5.02 Å². The van der Waals surface area contributed by atoms with E-state index < -0.39 is 15.8 Å². The third-order valence-corrected chi connectivity index (χ3v) is 4.19. The highest BCUT2D eigenvalue weighted by molar-refractivity contribution is 9.10. The van der Waals surface area contributed by atoms with Gasteiger partial charge in [-0.25, -0.2) is 17.9 Å². The number of sulfonamides is 1. The van der Waals surface area contributed by atoms with Crippen LogP contribution in [0.5, 0.6) is 11.5 Å². The lowest BCUT2D eigenvalue weighted by Crippen LogP contribution is -2.11. The van der Waals surface area contributed by atoms with Crippen LogP contribution in [0.4, 0.5) is 4.39 Å². The minimum Gasteiger partial charge on any atom is -0.453 e. The molecule has 0 saturated carbocycles. The Hall–Kier alpha value is -1.15. The van der Waals surface area contributed by atoms with Crippen molar-refractivity contribution in [1.29, 1.82) is 0 Å². The van der Waals surface area contributed by atoms with Crippen molar-refractivity contribution in [3.8, 4) is 11.5 Å². The van der Waals surface area contributed by atoms with Gasteiger partial charge in [-0.15, -0.1) is 0 Å². The summed E-state index contributed by atoms with van der Waals surface area (Å²) in [5.41, 5.74) is 0. The van der Waals surface area contributed by atoms with Gasteiger partial charge in [-0.1, -0.05) is 17.7 Å². The predicted molar refractivity (Wildman–Crippen MR) is 77.0 cm³/mol. The first-order chi connectivity index (χ1) is 9.29. The van der Waals surface area contributed by atoms with E-state index in [-0.39, 0.29) is 21.4 Å². The van der Waals surface area contributed by atoms with E-state index in [9.17, 15) is 12.8 Å². The quantitative estimate of drug-likeness (QED) is 0.883. The summed E-state index contributed by atoms with van der Waals surface area (Å²) < 4.78 is 41.8. The maximum atomic E-state index is 13.7. The lowest BCUT2D eigenvalue weighted by molar-refractivity contribution is 0.440. The first-order valence-electron chi connectivity index (χ1n) is 5.23. The average molecular weight is 381 g/mol. The minimum atomic E-state index is -3.81. The molecule has 0 heterocycles. The van der Waals surface area contributed by atoms with Gasteiger partial charge < -0.3 is 4.74 Å². The molecular formula is C12H8BrClFNO3S. The molecule has 2 aromatic carbocycles. The number of halogens is 3. The Balaban J connectivity index is 2.38. The maximum absolute atomic E-state index is 13.7. The zero-order valence-electron chi connectivity index (χ0n) is 9.81. The summed E-state index contributed by atoms with van der Waals surface area (Å²) in [4.78, 5) is -0.0803. The molecule has 0 bridgehead atoms. The summed E-state index contributed by atoms with van der Waals surface area (Å²) >= 11 is 8.78. The van der Waals surface area contributed by atoms with Gasteiger partial charge in [0.2, 0.25) is 10.0 Å². The second kappa shape index (κ2) is 5.69. The van der Waals surface area contributed by atoms with Gasteiger partial charge in [0.05, 0.1) is 14.4 Å². The van der Waals surface area contributed by atoms with E-state index in [1.54, 1.807) is 0 Å². The molecule has 8 heteroatoms. The second-order valence-electron chi connectivity index (χ2n) is 3.79. The lowest BCUT2D eigenvalue weighted by Gasteiger charge is -2.10. The van der Waals surface area contributed by atoms with Gasteiger partial charge in [0, 0.05) is 0 Å². The number of hydrogen-bond donors (Lipinski definition) is 1. The molecule has 0 aliphatic carbocycles. The van der Waals surface area contributed by atoms with Crippen molar-refractivity contribution < 1.29 is 17.5 Å². The minimum absolute atomic E-state index is 0.0680.